The monoisotopic (exact) mass is 318 g/mol. The molecule has 3 rings (SSSR count). The van der Waals surface area contributed by atoms with E-state index in [2.05, 4.69) is 0 Å². The maximum atomic E-state index is 12.6. The van der Waals surface area contributed by atoms with Gasteiger partial charge in [0.25, 0.3) is 5.91 Å². The zero-order valence-corrected chi connectivity index (χ0v) is 13.4. The van der Waals surface area contributed by atoms with Crippen molar-refractivity contribution in [2.45, 2.75) is 6.42 Å². The summed E-state index contributed by atoms with van der Waals surface area (Å²) in [6.45, 7) is 3.46. The number of para-hydroxylation sites is 1. The van der Waals surface area contributed by atoms with Crippen molar-refractivity contribution in [1.82, 2.24) is 9.80 Å². The molecule has 0 aromatic heterocycles. The topological polar surface area (TPSA) is 59.1 Å². The van der Waals surface area contributed by atoms with Gasteiger partial charge < -0.3 is 19.3 Å². The summed E-state index contributed by atoms with van der Waals surface area (Å²) in [7, 11) is 1.56. The minimum absolute atomic E-state index is 0.00790. The lowest BCUT2D eigenvalue weighted by Gasteiger charge is -2.36. The van der Waals surface area contributed by atoms with Crippen molar-refractivity contribution in [2.24, 2.45) is 5.92 Å². The Kier molecular flexibility index (Phi) is 4.81. The van der Waals surface area contributed by atoms with Gasteiger partial charge in [-0.2, -0.15) is 0 Å². The Bertz CT molecular complexity index is 576. The molecule has 2 saturated heterocycles. The van der Waals surface area contributed by atoms with Crippen molar-refractivity contribution < 1.29 is 19.1 Å². The van der Waals surface area contributed by atoms with Crippen LogP contribution in [0.2, 0.25) is 0 Å². The molecule has 2 fully saturated rings. The molecule has 1 atom stereocenters. The quantitative estimate of drug-likeness (QED) is 0.835. The predicted molar refractivity (Wildman–Crippen MR) is 84.4 cm³/mol. The Morgan fingerprint density at radius 3 is 2.48 bits per heavy atom. The highest BCUT2D eigenvalue weighted by molar-refractivity contribution is 5.97. The number of nitrogens with zero attached hydrogens (tertiary/aromatic N) is 2. The van der Waals surface area contributed by atoms with E-state index < -0.39 is 0 Å². The van der Waals surface area contributed by atoms with Crippen molar-refractivity contribution in [2.75, 3.05) is 46.5 Å². The molecule has 2 amide bonds. The molecular weight excluding hydrogens is 296 g/mol. The van der Waals surface area contributed by atoms with Crippen molar-refractivity contribution in [3.05, 3.63) is 29.8 Å². The van der Waals surface area contributed by atoms with Crippen LogP contribution in [0.3, 0.4) is 0 Å². The van der Waals surface area contributed by atoms with Gasteiger partial charge in [0.15, 0.2) is 0 Å². The minimum atomic E-state index is -0.0428. The number of benzene rings is 1. The van der Waals surface area contributed by atoms with E-state index in [1.807, 2.05) is 17.0 Å². The second-order valence-corrected chi connectivity index (χ2v) is 5.88. The van der Waals surface area contributed by atoms with Crippen LogP contribution >= 0.6 is 0 Å². The Morgan fingerprint density at radius 1 is 1.13 bits per heavy atom. The van der Waals surface area contributed by atoms with Gasteiger partial charge in [0.2, 0.25) is 5.91 Å². The first-order chi connectivity index (χ1) is 11.2. The van der Waals surface area contributed by atoms with Gasteiger partial charge in [-0.3, -0.25) is 9.59 Å². The lowest BCUT2D eigenvalue weighted by Crippen LogP contribution is -2.52. The lowest BCUT2D eigenvalue weighted by atomic mass is 10.1. The molecule has 0 spiro atoms. The van der Waals surface area contributed by atoms with Crippen LogP contribution < -0.4 is 4.74 Å². The second-order valence-electron chi connectivity index (χ2n) is 5.88. The molecule has 6 nitrogen and oxygen atoms in total. The first kappa shape index (κ1) is 15.8. The Labute approximate surface area is 136 Å². The molecule has 0 N–H and O–H groups in total. The van der Waals surface area contributed by atoms with Crippen LogP contribution in [-0.4, -0.2) is 68.1 Å². The van der Waals surface area contributed by atoms with E-state index in [4.69, 9.17) is 9.47 Å². The summed E-state index contributed by atoms with van der Waals surface area (Å²) in [5.74, 6) is 0.691. The third-order valence-electron chi connectivity index (χ3n) is 4.49. The highest BCUT2D eigenvalue weighted by Crippen LogP contribution is 2.21. The maximum Gasteiger partial charge on any atom is 0.257 e. The van der Waals surface area contributed by atoms with E-state index >= 15 is 0 Å². The summed E-state index contributed by atoms with van der Waals surface area (Å²) < 4.78 is 10.5. The molecule has 1 unspecified atom stereocenters. The number of carbonyl (C=O) groups excluding carboxylic acids is 2. The standard InChI is InChI=1S/C17H22N2O4/c1-22-15-5-3-2-4-14(15)17(21)19-9-7-18(8-10-19)16(20)13-6-11-23-12-13/h2-5,13H,6-12H2,1H3. The number of rotatable bonds is 3. The molecule has 0 radical (unpaired) electrons. The summed E-state index contributed by atoms with van der Waals surface area (Å²) in [5, 5.41) is 0. The number of methoxy groups -OCH3 is 1. The zero-order valence-electron chi connectivity index (χ0n) is 13.4. The van der Waals surface area contributed by atoms with Gasteiger partial charge in [-0.05, 0) is 18.6 Å². The zero-order chi connectivity index (χ0) is 16.2. The SMILES string of the molecule is COc1ccccc1C(=O)N1CCN(C(=O)C2CCOC2)CC1. The second kappa shape index (κ2) is 7.00. The molecule has 124 valence electrons. The van der Waals surface area contributed by atoms with E-state index in [9.17, 15) is 9.59 Å². The first-order valence-electron chi connectivity index (χ1n) is 7.99. The summed E-state index contributed by atoms with van der Waals surface area (Å²) in [4.78, 5) is 28.6. The molecule has 23 heavy (non-hydrogen) atoms. The van der Waals surface area contributed by atoms with E-state index in [1.54, 1.807) is 24.1 Å². The van der Waals surface area contributed by atoms with E-state index in [0.717, 1.165) is 6.42 Å². The molecule has 1 aromatic carbocycles. The Balaban J connectivity index is 1.60. The van der Waals surface area contributed by atoms with Crippen molar-refractivity contribution in [1.29, 1.82) is 0 Å². The molecule has 0 aliphatic carbocycles. The molecule has 2 aliphatic heterocycles. The van der Waals surface area contributed by atoms with Gasteiger partial charge in [-0.15, -0.1) is 0 Å². The Hall–Kier alpha value is -2.08. The first-order valence-corrected chi connectivity index (χ1v) is 7.99. The molecule has 2 aliphatic rings. The largest absolute Gasteiger partial charge is 0.496 e. The van der Waals surface area contributed by atoms with Gasteiger partial charge in [0, 0.05) is 32.8 Å². The van der Waals surface area contributed by atoms with Gasteiger partial charge in [-0.25, -0.2) is 0 Å². The van der Waals surface area contributed by atoms with Gasteiger partial charge in [-0.1, -0.05) is 12.1 Å². The van der Waals surface area contributed by atoms with Gasteiger partial charge in [0.05, 0.1) is 25.2 Å². The lowest BCUT2D eigenvalue weighted by molar-refractivity contribution is -0.137. The number of hydrogen-bond acceptors (Lipinski definition) is 4. The molecule has 0 bridgehead atoms. The summed E-state index contributed by atoms with van der Waals surface area (Å²) in [5.41, 5.74) is 0.568. The van der Waals surface area contributed by atoms with Crippen LogP contribution in [0.25, 0.3) is 0 Å². The summed E-state index contributed by atoms with van der Waals surface area (Å²) >= 11 is 0. The highest BCUT2D eigenvalue weighted by atomic mass is 16.5. The molecule has 1 aromatic rings. The van der Waals surface area contributed by atoms with Crippen LogP contribution in [0.4, 0.5) is 0 Å². The highest BCUT2D eigenvalue weighted by Gasteiger charge is 2.31. The fourth-order valence-corrected chi connectivity index (χ4v) is 3.11. The van der Waals surface area contributed by atoms with Crippen molar-refractivity contribution in [3.63, 3.8) is 0 Å². The number of ether oxygens (including phenoxy) is 2. The Morgan fingerprint density at radius 2 is 1.83 bits per heavy atom. The normalized spacial score (nSPS) is 21.3. The minimum Gasteiger partial charge on any atom is -0.496 e. The fourth-order valence-electron chi connectivity index (χ4n) is 3.11. The number of piperazine rings is 1. The van der Waals surface area contributed by atoms with Crippen molar-refractivity contribution in [3.8, 4) is 5.75 Å². The predicted octanol–water partition coefficient (Wildman–Crippen LogP) is 1.02. The molecule has 2 heterocycles. The molecule has 6 heteroatoms. The number of hydrogen-bond donors (Lipinski definition) is 0. The van der Waals surface area contributed by atoms with E-state index in [1.165, 1.54) is 0 Å². The molecule has 0 saturated carbocycles. The molecular formula is C17H22N2O4. The van der Waals surface area contributed by atoms with Crippen LogP contribution in [0.5, 0.6) is 5.75 Å². The van der Waals surface area contributed by atoms with Crippen LogP contribution in [-0.2, 0) is 9.53 Å². The number of carbonyl (C=O) groups is 2. The summed E-state index contributed by atoms with van der Waals surface area (Å²) in [6, 6.07) is 7.23. The third-order valence-corrected chi connectivity index (χ3v) is 4.49. The van der Waals surface area contributed by atoms with E-state index in [0.29, 0.717) is 50.7 Å². The fraction of sp³-hybridized carbons (Fsp3) is 0.529. The van der Waals surface area contributed by atoms with Gasteiger partial charge >= 0.3 is 0 Å². The van der Waals surface area contributed by atoms with Crippen molar-refractivity contribution >= 4 is 11.8 Å². The summed E-state index contributed by atoms with van der Waals surface area (Å²) in [6.07, 6.45) is 0.805. The van der Waals surface area contributed by atoms with Crippen LogP contribution in [0, 0.1) is 5.92 Å². The van der Waals surface area contributed by atoms with E-state index in [-0.39, 0.29) is 17.7 Å². The average molecular weight is 318 g/mol. The van der Waals surface area contributed by atoms with Crippen LogP contribution in [0.1, 0.15) is 16.8 Å². The number of amides is 2. The average Bonchev–Trinajstić information content (AvgIpc) is 3.15. The van der Waals surface area contributed by atoms with Crippen LogP contribution in [0.15, 0.2) is 24.3 Å². The maximum absolute atomic E-state index is 12.6. The van der Waals surface area contributed by atoms with Gasteiger partial charge in [0.1, 0.15) is 5.75 Å². The smallest absolute Gasteiger partial charge is 0.257 e. The third kappa shape index (κ3) is 3.32.